The van der Waals surface area contributed by atoms with Gasteiger partial charge in [-0.15, -0.1) is 0 Å². The molecule has 0 bridgehead atoms. The van der Waals surface area contributed by atoms with E-state index in [4.69, 9.17) is 0 Å². The summed E-state index contributed by atoms with van der Waals surface area (Å²) in [6.45, 7) is 2.40. The van der Waals surface area contributed by atoms with E-state index < -0.39 is 23.6 Å². The van der Waals surface area contributed by atoms with E-state index in [1.165, 1.54) is 37.0 Å². The number of rotatable bonds is 12. The lowest BCUT2D eigenvalue weighted by Gasteiger charge is -2.21. The van der Waals surface area contributed by atoms with Gasteiger partial charge in [-0.1, -0.05) is 92.6 Å². The molecule has 4 rings (SSSR count). The van der Waals surface area contributed by atoms with E-state index in [1.54, 1.807) is 24.3 Å². The molecular formula is C36H35F3N2O4. The summed E-state index contributed by atoms with van der Waals surface area (Å²) in [5.74, 6) is -2.99. The summed E-state index contributed by atoms with van der Waals surface area (Å²) >= 11 is 0. The number of carboxylic acid groups (broad SMARTS) is 1. The highest BCUT2D eigenvalue weighted by atomic mass is 19.4. The maximum Gasteiger partial charge on any atom is 0.416 e. The maximum atomic E-state index is 12.9. The summed E-state index contributed by atoms with van der Waals surface area (Å²) in [6, 6.07) is 26.8. The Hall–Kier alpha value is -4.92. The van der Waals surface area contributed by atoms with E-state index in [9.17, 15) is 32.7 Å². The topological polar surface area (TPSA) is 86.7 Å². The highest BCUT2D eigenvalue weighted by molar-refractivity contribution is 6.31. The van der Waals surface area contributed by atoms with Crippen LogP contribution in [-0.2, 0) is 41.8 Å². The number of carbonyl (C=O) groups is 3. The van der Waals surface area contributed by atoms with Crippen LogP contribution in [0.4, 0.5) is 13.2 Å². The van der Waals surface area contributed by atoms with Crippen LogP contribution in [0.15, 0.2) is 97.1 Å². The molecule has 0 fully saturated rings. The number of aliphatic carboxylic acids is 1. The number of hydrogen-bond donors (Lipinski definition) is 2. The van der Waals surface area contributed by atoms with Crippen LogP contribution in [0.3, 0.4) is 0 Å². The van der Waals surface area contributed by atoms with Crippen molar-refractivity contribution in [3.63, 3.8) is 0 Å². The molecule has 0 spiro atoms. The van der Waals surface area contributed by atoms with Crippen LogP contribution in [0.5, 0.6) is 0 Å². The molecule has 4 aromatic carbocycles. The van der Waals surface area contributed by atoms with E-state index in [1.807, 2.05) is 36.4 Å². The highest BCUT2D eigenvalue weighted by Crippen LogP contribution is 2.29. The molecule has 6 nitrogen and oxygen atoms in total. The van der Waals surface area contributed by atoms with Crippen molar-refractivity contribution in [1.29, 1.82) is 0 Å². The minimum atomic E-state index is -4.50. The fourth-order valence-electron chi connectivity index (χ4n) is 4.88. The zero-order chi connectivity index (χ0) is 32.4. The largest absolute Gasteiger partial charge is 0.474 e. The number of alkyl halides is 3. The second-order valence-electron chi connectivity index (χ2n) is 10.9. The van der Waals surface area contributed by atoms with Crippen molar-refractivity contribution in [1.82, 2.24) is 10.2 Å². The zero-order valence-electron chi connectivity index (χ0n) is 24.9. The highest BCUT2D eigenvalue weighted by Gasteiger charge is 2.30. The fraction of sp³-hybridized carbons (Fsp3) is 0.250. The van der Waals surface area contributed by atoms with E-state index in [0.717, 1.165) is 40.1 Å². The smallest absolute Gasteiger partial charge is 0.416 e. The molecule has 234 valence electrons. The summed E-state index contributed by atoms with van der Waals surface area (Å²) in [5.41, 5.74) is 4.75. The maximum absolute atomic E-state index is 12.9. The van der Waals surface area contributed by atoms with Gasteiger partial charge in [0.15, 0.2) is 0 Å². The molecule has 0 aliphatic heterocycles. The first-order valence-corrected chi connectivity index (χ1v) is 14.8. The molecule has 4 aromatic rings. The number of halogens is 3. The number of amides is 2. The molecule has 0 unspecified atom stereocenters. The van der Waals surface area contributed by atoms with E-state index in [2.05, 4.69) is 24.4 Å². The van der Waals surface area contributed by atoms with Crippen LogP contribution in [0.2, 0.25) is 0 Å². The molecule has 2 N–H and O–H groups in total. The van der Waals surface area contributed by atoms with Crippen molar-refractivity contribution < 1.29 is 32.7 Å². The van der Waals surface area contributed by atoms with E-state index >= 15 is 0 Å². The Bertz CT molecular complexity index is 1580. The predicted molar refractivity (Wildman–Crippen MR) is 166 cm³/mol. The van der Waals surface area contributed by atoms with Crippen molar-refractivity contribution in [3.05, 3.63) is 130 Å². The molecule has 0 atom stereocenters. The van der Waals surface area contributed by atoms with Crippen molar-refractivity contribution >= 4 is 17.8 Å². The first-order valence-electron chi connectivity index (χ1n) is 14.8. The third kappa shape index (κ3) is 9.53. The number of unbranched alkanes of at least 4 members (excludes halogenated alkanes) is 2. The molecular weight excluding hydrogens is 581 g/mol. The fourth-order valence-corrected chi connectivity index (χ4v) is 4.88. The van der Waals surface area contributed by atoms with Gasteiger partial charge < -0.3 is 15.3 Å². The summed E-state index contributed by atoms with van der Waals surface area (Å²) in [6.07, 6.45) is 0.144. The van der Waals surface area contributed by atoms with Gasteiger partial charge in [0.25, 0.3) is 5.91 Å². The van der Waals surface area contributed by atoms with Crippen molar-refractivity contribution in [2.75, 3.05) is 0 Å². The second kappa shape index (κ2) is 15.2. The van der Waals surface area contributed by atoms with Crippen molar-refractivity contribution in [2.45, 2.75) is 58.4 Å². The minimum absolute atomic E-state index is 0.0485. The Morgan fingerprint density at radius 2 is 1.18 bits per heavy atom. The van der Waals surface area contributed by atoms with Crippen LogP contribution in [0.1, 0.15) is 64.4 Å². The van der Waals surface area contributed by atoms with Gasteiger partial charge in [0, 0.05) is 25.2 Å². The molecule has 2 amide bonds. The number of benzene rings is 4. The normalized spacial score (nSPS) is 11.2. The van der Waals surface area contributed by atoms with E-state index in [-0.39, 0.29) is 19.0 Å². The summed E-state index contributed by atoms with van der Waals surface area (Å²) < 4.78 is 38.7. The molecule has 45 heavy (non-hydrogen) atoms. The summed E-state index contributed by atoms with van der Waals surface area (Å²) in [7, 11) is 0. The van der Waals surface area contributed by atoms with Crippen LogP contribution in [-0.4, -0.2) is 27.8 Å². The number of carbonyl (C=O) groups excluding carboxylic acids is 2. The van der Waals surface area contributed by atoms with Gasteiger partial charge in [0.05, 0.1) is 5.56 Å². The molecule has 0 aliphatic carbocycles. The minimum Gasteiger partial charge on any atom is -0.474 e. The summed E-state index contributed by atoms with van der Waals surface area (Å²) in [4.78, 5) is 37.5. The van der Waals surface area contributed by atoms with Crippen LogP contribution < -0.4 is 5.32 Å². The predicted octanol–water partition coefficient (Wildman–Crippen LogP) is 7.65. The third-order valence-electron chi connectivity index (χ3n) is 7.48. The lowest BCUT2D eigenvalue weighted by atomic mass is 10.0. The van der Waals surface area contributed by atoms with Crippen LogP contribution >= 0.6 is 0 Å². The molecule has 0 aliphatic rings. The van der Waals surface area contributed by atoms with Crippen molar-refractivity contribution in [3.8, 4) is 11.1 Å². The Balaban J connectivity index is 1.35. The van der Waals surface area contributed by atoms with Gasteiger partial charge >= 0.3 is 18.1 Å². The first-order chi connectivity index (χ1) is 21.5. The van der Waals surface area contributed by atoms with Crippen LogP contribution in [0, 0.1) is 0 Å². The molecule has 0 heterocycles. The van der Waals surface area contributed by atoms with Crippen LogP contribution in [0.25, 0.3) is 11.1 Å². The third-order valence-corrected chi connectivity index (χ3v) is 7.48. The zero-order valence-corrected chi connectivity index (χ0v) is 24.9. The van der Waals surface area contributed by atoms with Crippen molar-refractivity contribution in [2.24, 2.45) is 0 Å². The number of hydrogen-bond acceptors (Lipinski definition) is 3. The molecule has 0 radical (unpaired) electrons. The number of nitrogens with one attached hydrogen (secondary N) is 1. The number of carboxylic acids is 1. The average Bonchev–Trinajstić information content (AvgIpc) is 3.04. The van der Waals surface area contributed by atoms with Gasteiger partial charge in [-0.25, -0.2) is 4.79 Å². The van der Waals surface area contributed by atoms with Gasteiger partial charge in [-0.3, -0.25) is 9.59 Å². The quantitative estimate of drug-likeness (QED) is 0.127. The lowest BCUT2D eigenvalue weighted by molar-refractivity contribution is -0.156. The Kier molecular flexibility index (Phi) is 11.1. The number of aryl methyl sites for hydroxylation is 1. The summed E-state index contributed by atoms with van der Waals surface area (Å²) in [5, 5.41) is 12.2. The molecule has 0 aromatic heterocycles. The Morgan fingerprint density at radius 3 is 1.69 bits per heavy atom. The van der Waals surface area contributed by atoms with Gasteiger partial charge in [-0.05, 0) is 70.5 Å². The monoisotopic (exact) mass is 616 g/mol. The number of nitrogens with zero attached hydrogens (tertiary/aromatic N) is 1. The standard InChI is InChI=1S/C36H35F3N2O4/c1-2-3-4-5-25-6-8-26(9-7-25)22-40-33(42)31-18-16-30(17-19-31)29-14-10-27(11-15-29)23-41(34(43)35(44)45)24-28-12-20-32(21-13-28)36(37,38)39/h6-21H,2-5,22-24H2,1H3,(H,40,42)(H,44,45). The molecule has 0 saturated heterocycles. The Morgan fingerprint density at radius 1 is 0.689 bits per heavy atom. The van der Waals surface area contributed by atoms with Gasteiger partial charge in [0.1, 0.15) is 0 Å². The second-order valence-corrected chi connectivity index (χ2v) is 10.9. The average molecular weight is 617 g/mol. The van der Waals surface area contributed by atoms with Gasteiger partial charge in [-0.2, -0.15) is 13.2 Å². The lowest BCUT2D eigenvalue weighted by Crippen LogP contribution is -2.35. The first kappa shape index (κ1) is 33.0. The molecule has 0 saturated carbocycles. The SMILES string of the molecule is CCCCCc1ccc(CNC(=O)c2ccc(-c3ccc(CN(Cc4ccc(C(F)(F)F)cc4)C(=O)C(=O)O)cc3)cc2)cc1. The Labute approximate surface area is 260 Å². The van der Waals surface area contributed by atoms with Gasteiger partial charge in [0.2, 0.25) is 0 Å². The molecule has 9 heteroatoms. The van der Waals surface area contributed by atoms with E-state index in [0.29, 0.717) is 23.2 Å².